The van der Waals surface area contributed by atoms with Crippen LogP contribution in [0.5, 0.6) is 11.5 Å². The van der Waals surface area contributed by atoms with E-state index in [-0.39, 0.29) is 11.2 Å². The predicted octanol–water partition coefficient (Wildman–Crippen LogP) is 4.57. The van der Waals surface area contributed by atoms with E-state index >= 15 is 0 Å². The molecule has 1 N–H and O–H groups in total. The summed E-state index contributed by atoms with van der Waals surface area (Å²) >= 11 is 0. The zero-order valence-corrected chi connectivity index (χ0v) is 15.1. The Morgan fingerprint density at radius 2 is 1.75 bits per heavy atom. The second-order valence-electron chi connectivity index (χ2n) is 6.18. The Kier molecular flexibility index (Phi) is 4.57. The summed E-state index contributed by atoms with van der Waals surface area (Å²) in [6.07, 6.45) is 0. The monoisotopic (exact) mass is 368 g/mol. The van der Waals surface area contributed by atoms with Crippen LogP contribution in [0.2, 0.25) is 0 Å². The number of phenolic OH excluding ortho intramolecular Hbond substituents is 1. The van der Waals surface area contributed by atoms with Crippen molar-refractivity contribution in [3.8, 4) is 34.7 Å². The topological polar surface area (TPSA) is 59.7 Å². The van der Waals surface area contributed by atoms with Crippen molar-refractivity contribution in [1.29, 1.82) is 0 Å². The van der Waals surface area contributed by atoms with Crippen molar-refractivity contribution in [3.63, 3.8) is 0 Å². The van der Waals surface area contributed by atoms with Gasteiger partial charge in [0.2, 0.25) is 0 Å². The molecule has 0 aliphatic rings. The van der Waals surface area contributed by atoms with Crippen molar-refractivity contribution < 1.29 is 14.3 Å². The Bertz CT molecular complexity index is 1270. The maximum Gasteiger partial charge on any atom is 0.193 e. The molecule has 0 unspecified atom stereocenters. The first kappa shape index (κ1) is 17.4. The van der Waals surface area contributed by atoms with Gasteiger partial charge in [0.15, 0.2) is 5.43 Å². The lowest BCUT2D eigenvalue weighted by Crippen LogP contribution is -2.00. The summed E-state index contributed by atoms with van der Waals surface area (Å²) < 4.78 is 11.1. The second kappa shape index (κ2) is 7.34. The number of aromatic hydroxyl groups is 1. The minimum absolute atomic E-state index is 0.0667. The Morgan fingerprint density at radius 1 is 0.929 bits per heavy atom. The first-order valence-corrected chi connectivity index (χ1v) is 8.66. The molecule has 0 saturated carbocycles. The lowest BCUT2D eigenvalue weighted by Gasteiger charge is -2.06. The van der Waals surface area contributed by atoms with Gasteiger partial charge in [0.05, 0.1) is 18.1 Å². The molecule has 4 heteroatoms. The molecule has 0 fully saturated rings. The van der Waals surface area contributed by atoms with Gasteiger partial charge in [0.25, 0.3) is 0 Å². The van der Waals surface area contributed by atoms with Gasteiger partial charge in [0.1, 0.15) is 22.8 Å². The van der Waals surface area contributed by atoms with Gasteiger partial charge in [-0.15, -0.1) is 0 Å². The molecule has 0 radical (unpaired) electrons. The number of phenols is 1. The third-order valence-corrected chi connectivity index (χ3v) is 4.33. The molecule has 136 valence electrons. The molecule has 4 nitrogen and oxygen atoms in total. The van der Waals surface area contributed by atoms with Crippen molar-refractivity contribution in [2.24, 2.45) is 0 Å². The fourth-order valence-electron chi connectivity index (χ4n) is 2.86. The molecule has 4 aromatic rings. The van der Waals surface area contributed by atoms with Crippen LogP contribution in [0.3, 0.4) is 0 Å². The zero-order valence-electron chi connectivity index (χ0n) is 15.1. The number of benzene rings is 3. The number of rotatable bonds is 2. The third-order valence-electron chi connectivity index (χ3n) is 4.33. The van der Waals surface area contributed by atoms with Crippen LogP contribution in [-0.4, -0.2) is 12.2 Å². The molecule has 0 bridgehead atoms. The number of methoxy groups -OCH3 is 1. The van der Waals surface area contributed by atoms with Crippen LogP contribution < -0.4 is 10.2 Å². The van der Waals surface area contributed by atoms with Crippen LogP contribution in [-0.2, 0) is 0 Å². The summed E-state index contributed by atoms with van der Waals surface area (Å²) in [7, 11) is 1.56. The summed E-state index contributed by atoms with van der Waals surface area (Å²) in [5.74, 6) is 7.06. The largest absolute Gasteiger partial charge is 0.507 e. The average Bonchev–Trinajstić information content (AvgIpc) is 2.73. The summed E-state index contributed by atoms with van der Waals surface area (Å²) in [5, 5.41) is 10.6. The van der Waals surface area contributed by atoms with Crippen molar-refractivity contribution >= 4 is 11.0 Å². The van der Waals surface area contributed by atoms with E-state index in [1.165, 1.54) is 6.07 Å². The Labute approximate surface area is 161 Å². The summed E-state index contributed by atoms with van der Waals surface area (Å²) in [5.41, 5.74) is 2.24. The lowest BCUT2D eigenvalue weighted by molar-refractivity contribution is 0.414. The third kappa shape index (κ3) is 3.46. The van der Waals surface area contributed by atoms with E-state index in [0.29, 0.717) is 33.6 Å². The van der Waals surface area contributed by atoms with E-state index in [0.717, 1.165) is 5.56 Å². The molecule has 0 spiro atoms. The molecule has 3 aromatic carbocycles. The van der Waals surface area contributed by atoms with Gasteiger partial charge in [-0.05, 0) is 42.5 Å². The molecule has 0 saturated heterocycles. The SMILES string of the molecule is COc1ccc2c(=O)cc(-c3ccc(O)c(C#Cc4ccccc4)c3)oc2c1. The number of fused-ring (bicyclic) bond motifs is 1. The molecule has 0 aliphatic heterocycles. The van der Waals surface area contributed by atoms with E-state index in [1.54, 1.807) is 43.5 Å². The normalized spacial score (nSPS) is 10.3. The van der Waals surface area contributed by atoms with Crippen molar-refractivity contribution in [2.75, 3.05) is 7.11 Å². The minimum atomic E-state index is -0.149. The van der Waals surface area contributed by atoms with E-state index in [2.05, 4.69) is 11.8 Å². The maximum absolute atomic E-state index is 12.5. The molecule has 28 heavy (non-hydrogen) atoms. The second-order valence-corrected chi connectivity index (χ2v) is 6.18. The molecule has 0 atom stereocenters. The van der Waals surface area contributed by atoms with Gasteiger partial charge in [-0.3, -0.25) is 4.79 Å². The summed E-state index contributed by atoms with van der Waals surface area (Å²) in [6, 6.07) is 21.0. The quantitative estimate of drug-likeness (QED) is 0.527. The van der Waals surface area contributed by atoms with Crippen LogP contribution in [0.4, 0.5) is 0 Å². The van der Waals surface area contributed by atoms with Crippen LogP contribution in [0.15, 0.2) is 82.0 Å². The fourth-order valence-corrected chi connectivity index (χ4v) is 2.86. The Hall–Kier alpha value is -3.97. The van der Waals surface area contributed by atoms with Gasteiger partial charge in [0, 0.05) is 23.3 Å². The van der Waals surface area contributed by atoms with Gasteiger partial charge in [-0.25, -0.2) is 0 Å². The number of hydrogen-bond acceptors (Lipinski definition) is 4. The van der Waals surface area contributed by atoms with E-state index in [1.807, 2.05) is 30.3 Å². The predicted molar refractivity (Wildman–Crippen MR) is 109 cm³/mol. The Balaban J connectivity index is 1.80. The van der Waals surface area contributed by atoms with Crippen LogP contribution in [0.1, 0.15) is 11.1 Å². The highest BCUT2D eigenvalue weighted by Crippen LogP contribution is 2.28. The number of ether oxygens (including phenoxy) is 1. The van der Waals surface area contributed by atoms with Gasteiger partial charge in [-0.2, -0.15) is 0 Å². The van der Waals surface area contributed by atoms with Crippen LogP contribution in [0.25, 0.3) is 22.3 Å². The molecule has 0 aliphatic carbocycles. The smallest absolute Gasteiger partial charge is 0.193 e. The van der Waals surface area contributed by atoms with Gasteiger partial charge >= 0.3 is 0 Å². The fraction of sp³-hybridized carbons (Fsp3) is 0.0417. The van der Waals surface area contributed by atoms with Gasteiger partial charge in [-0.1, -0.05) is 30.0 Å². The van der Waals surface area contributed by atoms with E-state index < -0.39 is 0 Å². The van der Waals surface area contributed by atoms with Crippen molar-refractivity contribution in [2.45, 2.75) is 0 Å². The molecular weight excluding hydrogens is 352 g/mol. The van der Waals surface area contributed by atoms with Crippen LogP contribution in [0, 0.1) is 11.8 Å². The first-order chi connectivity index (χ1) is 13.6. The standard InChI is InChI=1S/C24H16O4/c1-27-19-10-11-20-22(26)15-23(28-24(20)14-19)18-9-12-21(25)17(13-18)8-7-16-5-3-2-4-6-16/h2-6,9-15,25H,1H3. The van der Waals surface area contributed by atoms with E-state index in [9.17, 15) is 9.90 Å². The Morgan fingerprint density at radius 3 is 2.54 bits per heavy atom. The number of hydrogen-bond donors (Lipinski definition) is 1. The van der Waals surface area contributed by atoms with Crippen LogP contribution >= 0.6 is 0 Å². The maximum atomic E-state index is 12.5. The molecule has 4 rings (SSSR count). The average molecular weight is 368 g/mol. The summed E-state index contributed by atoms with van der Waals surface area (Å²) in [4.78, 5) is 12.5. The van der Waals surface area contributed by atoms with Crippen molar-refractivity contribution in [1.82, 2.24) is 0 Å². The first-order valence-electron chi connectivity index (χ1n) is 8.66. The minimum Gasteiger partial charge on any atom is -0.507 e. The lowest BCUT2D eigenvalue weighted by atomic mass is 10.1. The molecule has 0 amide bonds. The highest BCUT2D eigenvalue weighted by Gasteiger charge is 2.10. The molecule has 1 heterocycles. The van der Waals surface area contributed by atoms with Crippen molar-refractivity contribution in [3.05, 3.63) is 94.1 Å². The van der Waals surface area contributed by atoms with E-state index in [4.69, 9.17) is 9.15 Å². The highest BCUT2D eigenvalue weighted by molar-refractivity contribution is 5.80. The summed E-state index contributed by atoms with van der Waals surface area (Å²) in [6.45, 7) is 0. The zero-order chi connectivity index (χ0) is 19.5. The highest BCUT2D eigenvalue weighted by atomic mass is 16.5. The molecule has 1 aromatic heterocycles. The van der Waals surface area contributed by atoms with Gasteiger partial charge < -0.3 is 14.3 Å². The molecular formula is C24H16O4.